The van der Waals surface area contributed by atoms with Gasteiger partial charge < -0.3 is 67.5 Å². The highest BCUT2D eigenvalue weighted by Crippen LogP contribution is 2.54. The second-order valence-corrected chi connectivity index (χ2v) is 28.6. The first-order valence-corrected chi connectivity index (χ1v) is 35.0. The Hall–Kier alpha value is -7.23. The van der Waals surface area contributed by atoms with Gasteiger partial charge in [-0.25, -0.2) is 49.7 Å². The Bertz CT molecular complexity index is 4290. The van der Waals surface area contributed by atoms with Gasteiger partial charge >= 0.3 is 27.0 Å². The van der Waals surface area contributed by atoms with E-state index in [-0.39, 0.29) is 52.4 Å². The Morgan fingerprint density at radius 1 is 0.593 bits per heavy atom. The quantitative estimate of drug-likeness (QED) is 0.0312. The number of carbonyl (C=O) groups is 3. The number of imidazole rings is 3. The van der Waals surface area contributed by atoms with E-state index >= 15 is 0 Å². The van der Waals surface area contributed by atoms with Crippen LogP contribution in [0.25, 0.3) is 33.5 Å². The summed E-state index contributed by atoms with van der Waals surface area (Å²) in [7, 11) is -3.12. The van der Waals surface area contributed by atoms with Crippen molar-refractivity contribution in [2.75, 3.05) is 37.1 Å². The van der Waals surface area contributed by atoms with Crippen LogP contribution in [0.1, 0.15) is 75.2 Å². The third kappa shape index (κ3) is 14.1. The molecule has 2 amide bonds. The molecule has 9 aromatic rings. The number of carbonyl (C=O) groups excluding carboxylic acids is 3. The fraction of sp³-hybridized carbons (Fsp3) is 0.345. The number of aryl methyl sites for hydroxylation is 1. The van der Waals surface area contributed by atoms with Gasteiger partial charge in [0.25, 0.3) is 11.8 Å². The highest BCUT2D eigenvalue weighted by Gasteiger charge is 2.52. The molecule has 0 bridgehead atoms. The number of rotatable bonds is 23. The zero-order valence-electron chi connectivity index (χ0n) is 48.1. The summed E-state index contributed by atoms with van der Waals surface area (Å²) in [6.45, 7) is -6.34. The van der Waals surface area contributed by atoms with Gasteiger partial charge in [-0.1, -0.05) is 61.5 Å². The fourth-order valence-corrected chi connectivity index (χ4v) is 14.4. The van der Waals surface area contributed by atoms with Gasteiger partial charge in [0.1, 0.15) is 48.9 Å². The molecule has 31 nitrogen and oxygen atoms in total. The number of anilines is 2. The Kier molecular flexibility index (Phi) is 18.8. The van der Waals surface area contributed by atoms with Crippen molar-refractivity contribution in [1.82, 2.24) is 58.6 Å². The van der Waals surface area contributed by atoms with Gasteiger partial charge in [0.15, 0.2) is 64.4 Å². The number of fused-ring (bicyclic) bond motifs is 3. The van der Waals surface area contributed by atoms with Gasteiger partial charge in [-0.3, -0.25) is 32.4 Å². The Morgan fingerprint density at radius 2 is 1.07 bits per heavy atom. The lowest BCUT2D eigenvalue weighted by Crippen LogP contribution is -2.37. The first-order valence-electron chi connectivity index (χ1n) is 28.0. The first kappa shape index (κ1) is 63.9. The molecule has 91 heavy (non-hydrogen) atoms. The monoisotopic (exact) mass is 1340 g/mol. The van der Waals surface area contributed by atoms with E-state index in [0.29, 0.717) is 28.0 Å². The molecule has 0 saturated carbocycles. The van der Waals surface area contributed by atoms with Crippen LogP contribution in [0.4, 0.5) is 11.6 Å². The van der Waals surface area contributed by atoms with Gasteiger partial charge in [0.05, 0.1) is 61.8 Å². The zero-order chi connectivity index (χ0) is 63.8. The van der Waals surface area contributed by atoms with Crippen LogP contribution in [0.5, 0.6) is 0 Å². The summed E-state index contributed by atoms with van der Waals surface area (Å²) in [5.74, 6) is -2.15. The molecule has 6 N–H and O–H groups in total. The van der Waals surface area contributed by atoms with Crippen LogP contribution >= 0.6 is 21.0 Å². The standard InChI is InChI=1S/C55H57N14O17P3S2/c1-30-37(82-53(42(30)84-55(72)34-17-11-6-12-18-34)68-28-63-40-45(57-25-60-48(40)68)65-50(70)32-13-7-4-8-14-32)22-79-89(77,91)86-44-43(78-3)38(83-54(44)69-29-64-41-46(58-26-61-49(41)69)66-51(71)33-15-9-5-10-16-33)23-80-88(76,90)85-36-21-35(19-20-87(73,74)75)81-52(36)67-27-62-39-31(2)56-24-59-47(39)67/h4-18,24-30,35-38,42-44,52-54H,19-23H2,1-3H3,(H,76,90)(H,77,91)(H2,73,74,75)(H,57,60,65,70)(H,58,61,66,71)/t30-,35-,36-,37-,38-,42-,43-,44-,52-,53-,54-,88?,89?/m1/s1. The largest absolute Gasteiger partial charge is 0.454 e. The van der Waals surface area contributed by atoms with Gasteiger partial charge in [-0.2, -0.15) is 0 Å². The minimum atomic E-state index is -4.49. The van der Waals surface area contributed by atoms with Gasteiger partial charge in [0, 0.05) is 30.6 Å². The van der Waals surface area contributed by atoms with Gasteiger partial charge in [0.2, 0.25) is 0 Å². The maximum Gasteiger partial charge on any atom is 0.338 e. The van der Waals surface area contributed by atoms with Crippen LogP contribution in [0.3, 0.4) is 0 Å². The molecule has 36 heteroatoms. The number of hydrogen-bond acceptors (Lipinski definition) is 24. The molecule has 476 valence electrons. The Balaban J connectivity index is 0.808. The molecular formula is C55H57N14O17P3S2. The Morgan fingerprint density at radius 3 is 1.62 bits per heavy atom. The molecule has 13 atom stereocenters. The molecule has 0 aliphatic carbocycles. The zero-order valence-corrected chi connectivity index (χ0v) is 52.4. The highest BCUT2D eigenvalue weighted by atomic mass is 32.5. The highest BCUT2D eigenvalue weighted by molar-refractivity contribution is 8.07. The van der Waals surface area contributed by atoms with Crippen LogP contribution in [-0.2, 0) is 70.0 Å². The molecule has 12 rings (SSSR count). The number of amides is 2. The number of esters is 1. The number of nitrogens with zero attached hydrogens (tertiary/aromatic N) is 12. The third-order valence-corrected chi connectivity index (χ3v) is 19.3. The molecule has 2 unspecified atom stereocenters. The number of ether oxygens (including phenoxy) is 5. The van der Waals surface area contributed by atoms with Crippen LogP contribution in [-0.4, -0.2) is 165 Å². The molecule has 6 aromatic heterocycles. The summed E-state index contributed by atoms with van der Waals surface area (Å²) in [6, 6.07) is 25.2. The van der Waals surface area contributed by atoms with Crippen LogP contribution in [0.15, 0.2) is 129 Å². The molecule has 3 aliphatic heterocycles. The van der Waals surface area contributed by atoms with Crippen molar-refractivity contribution in [3.05, 3.63) is 151 Å². The summed E-state index contributed by atoms with van der Waals surface area (Å²) in [5.41, 5.74) is 2.99. The third-order valence-electron chi connectivity index (χ3n) is 15.3. The lowest BCUT2D eigenvalue weighted by molar-refractivity contribution is -0.0596. The lowest BCUT2D eigenvalue weighted by Gasteiger charge is -2.28. The average Bonchev–Trinajstić information content (AvgIpc) is 1.65. The molecule has 3 aromatic carbocycles. The van der Waals surface area contributed by atoms with E-state index in [4.69, 9.17) is 65.4 Å². The molecule has 3 saturated heterocycles. The van der Waals surface area contributed by atoms with Crippen molar-refractivity contribution < 1.29 is 80.3 Å². The number of aromatic nitrogens is 12. The number of benzene rings is 3. The van der Waals surface area contributed by atoms with E-state index in [1.54, 1.807) is 109 Å². The normalized spacial score (nSPS) is 24.8. The van der Waals surface area contributed by atoms with E-state index in [0.717, 1.165) is 0 Å². The molecule has 9 heterocycles. The van der Waals surface area contributed by atoms with E-state index in [1.807, 2.05) is 0 Å². The maximum absolute atomic E-state index is 13.8. The molecule has 3 aliphatic rings. The van der Waals surface area contributed by atoms with Crippen LogP contribution in [0, 0.1) is 12.8 Å². The van der Waals surface area contributed by atoms with Crippen LogP contribution < -0.4 is 10.6 Å². The van der Waals surface area contributed by atoms with Crippen molar-refractivity contribution in [3.8, 4) is 0 Å². The van der Waals surface area contributed by atoms with Crippen molar-refractivity contribution in [2.24, 2.45) is 5.92 Å². The summed E-state index contributed by atoms with van der Waals surface area (Å²) < 4.78 is 73.1. The van der Waals surface area contributed by atoms with E-state index in [9.17, 15) is 38.5 Å². The van der Waals surface area contributed by atoms with Gasteiger partial charge in [-0.05, 0) is 73.4 Å². The fourth-order valence-electron chi connectivity index (χ4n) is 10.9. The molecule has 0 spiro atoms. The predicted octanol–water partition coefficient (Wildman–Crippen LogP) is 6.08. The SMILES string of the molecule is CO[C@H]1[C@@H](OP(O)(=S)OC[C@H]2O[C@@H](n3cnc4c(NC(=O)c5ccccc5)ncnc43)[C@H](OC(=O)c3ccccc3)[C@@H]2C)[C@H](n2cnc3c(NC(=O)c4ccccc4)ncnc32)O[C@@H]1COP(O)(=S)O[C@@H]1C[C@@H](CCP(=O)(O)O)O[C@H]1n1cnc2c(C)ncnc21. The molecule has 3 fully saturated rings. The first-order chi connectivity index (χ1) is 43.7. The van der Waals surface area contributed by atoms with Crippen molar-refractivity contribution in [1.29, 1.82) is 0 Å². The van der Waals surface area contributed by atoms with E-state index < -0.39 is 126 Å². The minimum Gasteiger partial charge on any atom is -0.454 e. The summed E-state index contributed by atoms with van der Waals surface area (Å²) in [4.78, 5) is 124. The van der Waals surface area contributed by atoms with Crippen LogP contribution in [0.2, 0.25) is 0 Å². The minimum absolute atomic E-state index is 0.0112. The second-order valence-electron chi connectivity index (χ2n) is 21.2. The maximum atomic E-state index is 13.8. The lowest BCUT2D eigenvalue weighted by atomic mass is 10.0. The smallest absolute Gasteiger partial charge is 0.338 e. The topological polar surface area (TPSA) is 387 Å². The molecular weight excluding hydrogens is 1290 g/mol. The van der Waals surface area contributed by atoms with E-state index in [2.05, 4.69) is 55.5 Å². The van der Waals surface area contributed by atoms with Crippen molar-refractivity contribution >= 4 is 108 Å². The summed E-state index contributed by atoms with van der Waals surface area (Å²) in [6.07, 6.45) is -3.92. The van der Waals surface area contributed by atoms with Crippen molar-refractivity contribution in [3.63, 3.8) is 0 Å². The summed E-state index contributed by atoms with van der Waals surface area (Å²) in [5, 5.41) is 5.55. The van der Waals surface area contributed by atoms with Crippen molar-refractivity contribution in [2.45, 2.75) is 88.1 Å². The number of methoxy groups -OCH3 is 1. The number of nitrogens with one attached hydrogen (secondary N) is 2. The van der Waals surface area contributed by atoms with Gasteiger partial charge in [-0.15, -0.1) is 0 Å². The summed E-state index contributed by atoms with van der Waals surface area (Å²) >= 11 is 11.4. The number of hydrogen-bond donors (Lipinski definition) is 6. The van der Waals surface area contributed by atoms with E-state index in [1.165, 1.54) is 54.2 Å². The average molecular weight is 1340 g/mol. The molecule has 0 radical (unpaired) electrons. The predicted molar refractivity (Wildman–Crippen MR) is 328 cm³/mol. The second kappa shape index (κ2) is 26.8. The Labute approximate surface area is 526 Å².